The van der Waals surface area contributed by atoms with Crippen molar-refractivity contribution in [2.75, 3.05) is 33.2 Å². The summed E-state index contributed by atoms with van der Waals surface area (Å²) in [7, 11) is 1.81. The van der Waals surface area contributed by atoms with Gasteiger partial charge in [-0.3, -0.25) is 0 Å². The third kappa shape index (κ3) is 7.34. The van der Waals surface area contributed by atoms with Crippen LogP contribution in [-0.2, 0) is 11.2 Å². The number of hydrogen-bond donors (Lipinski definition) is 1. The summed E-state index contributed by atoms with van der Waals surface area (Å²) >= 11 is 0. The summed E-state index contributed by atoms with van der Waals surface area (Å²) in [6.45, 7) is 9.05. The van der Waals surface area contributed by atoms with Gasteiger partial charge in [0.15, 0.2) is 0 Å². The van der Waals surface area contributed by atoms with Crippen LogP contribution in [0.5, 0.6) is 0 Å². The van der Waals surface area contributed by atoms with Gasteiger partial charge in [-0.2, -0.15) is 0 Å². The Bertz CT molecular complexity index is 548. The number of nitrogens with zero attached hydrogens (tertiary/aromatic N) is 2. The molecule has 146 valence electrons. The molecule has 1 aromatic rings. The number of benzene rings is 1. The maximum Gasteiger partial charge on any atom is 0.410 e. The van der Waals surface area contributed by atoms with E-state index in [1.165, 1.54) is 5.56 Å². The van der Waals surface area contributed by atoms with Gasteiger partial charge in [-0.1, -0.05) is 30.3 Å². The van der Waals surface area contributed by atoms with Crippen molar-refractivity contribution >= 4 is 6.09 Å². The third-order valence-corrected chi connectivity index (χ3v) is 4.73. The van der Waals surface area contributed by atoms with Crippen molar-refractivity contribution in [1.29, 1.82) is 0 Å². The van der Waals surface area contributed by atoms with E-state index in [2.05, 4.69) is 17.0 Å². The van der Waals surface area contributed by atoms with Crippen molar-refractivity contribution < 1.29 is 14.6 Å². The Morgan fingerprint density at radius 3 is 2.46 bits per heavy atom. The quantitative estimate of drug-likeness (QED) is 0.844. The first-order valence-electron chi connectivity index (χ1n) is 9.61. The number of piperidine rings is 1. The van der Waals surface area contributed by atoms with Crippen LogP contribution in [0.15, 0.2) is 30.3 Å². The van der Waals surface area contributed by atoms with Gasteiger partial charge in [0.2, 0.25) is 0 Å². The van der Waals surface area contributed by atoms with Crippen molar-refractivity contribution in [2.45, 2.75) is 51.7 Å². The topological polar surface area (TPSA) is 53.0 Å². The zero-order valence-electron chi connectivity index (χ0n) is 16.6. The highest BCUT2D eigenvalue weighted by Gasteiger charge is 2.25. The number of carbonyl (C=O) groups excluding carboxylic acids is 1. The molecule has 0 aromatic heterocycles. The Hall–Kier alpha value is -1.59. The van der Waals surface area contributed by atoms with Gasteiger partial charge in [0, 0.05) is 20.1 Å². The lowest BCUT2D eigenvalue weighted by Gasteiger charge is -2.35. The zero-order valence-corrected chi connectivity index (χ0v) is 16.6. The number of rotatable bonds is 6. The lowest BCUT2D eigenvalue weighted by molar-refractivity contribution is 0.0240. The molecule has 1 aromatic carbocycles. The number of aliphatic hydroxyl groups excluding tert-OH is 1. The molecule has 1 N–H and O–H groups in total. The Kier molecular flexibility index (Phi) is 7.47. The number of likely N-dealkylation sites (tertiary alicyclic amines) is 1. The minimum Gasteiger partial charge on any atom is -0.444 e. The number of hydrogen-bond acceptors (Lipinski definition) is 4. The van der Waals surface area contributed by atoms with E-state index in [1.807, 2.05) is 46.0 Å². The maximum atomic E-state index is 12.1. The van der Waals surface area contributed by atoms with E-state index in [-0.39, 0.29) is 12.2 Å². The lowest BCUT2D eigenvalue weighted by Crippen LogP contribution is -2.43. The van der Waals surface area contributed by atoms with E-state index in [4.69, 9.17) is 4.74 Å². The predicted octanol–water partition coefficient (Wildman–Crippen LogP) is 3.17. The summed E-state index contributed by atoms with van der Waals surface area (Å²) in [4.78, 5) is 16.1. The number of aliphatic hydroxyl groups is 1. The number of amides is 1. The van der Waals surface area contributed by atoms with Crippen molar-refractivity contribution in [2.24, 2.45) is 5.92 Å². The fourth-order valence-electron chi connectivity index (χ4n) is 3.40. The predicted molar refractivity (Wildman–Crippen MR) is 104 cm³/mol. The minimum atomic E-state index is -0.455. The van der Waals surface area contributed by atoms with Crippen molar-refractivity contribution in [3.05, 3.63) is 35.9 Å². The molecule has 1 aliphatic rings. The van der Waals surface area contributed by atoms with Crippen LogP contribution in [0, 0.1) is 5.92 Å². The van der Waals surface area contributed by atoms with Crippen LogP contribution < -0.4 is 0 Å². The highest BCUT2D eigenvalue weighted by Crippen LogP contribution is 2.20. The largest absolute Gasteiger partial charge is 0.444 e. The normalized spacial score (nSPS) is 17.7. The van der Waals surface area contributed by atoms with Crippen LogP contribution >= 0.6 is 0 Å². The molecule has 0 saturated carbocycles. The average molecular weight is 363 g/mol. The Balaban J connectivity index is 1.69. The van der Waals surface area contributed by atoms with Gasteiger partial charge in [0.1, 0.15) is 5.60 Å². The van der Waals surface area contributed by atoms with Crippen LogP contribution in [0.3, 0.4) is 0 Å². The number of β-amino-alcohol motifs (C(OH)–C–C–N with tert-alkyl or cyclic N) is 1. The van der Waals surface area contributed by atoms with Gasteiger partial charge < -0.3 is 19.6 Å². The molecule has 5 heteroatoms. The summed E-state index contributed by atoms with van der Waals surface area (Å²) in [6.07, 6.45) is 2.20. The molecular formula is C21H34N2O3. The SMILES string of the molecule is CN(CC1CCN(CC(O)Cc2ccccc2)CC1)C(=O)OC(C)(C)C. The highest BCUT2D eigenvalue weighted by atomic mass is 16.6. The standard InChI is InChI=1S/C21H34N2O3/c1-21(2,3)26-20(25)22(4)15-18-10-12-23(13-11-18)16-19(24)14-17-8-6-5-7-9-17/h5-9,18-19,24H,10-16H2,1-4H3. The van der Waals surface area contributed by atoms with E-state index in [1.54, 1.807) is 4.90 Å². The van der Waals surface area contributed by atoms with Gasteiger partial charge in [-0.15, -0.1) is 0 Å². The molecule has 1 fully saturated rings. The summed E-state index contributed by atoms with van der Waals surface area (Å²) < 4.78 is 5.41. The number of carbonyl (C=O) groups is 1. The van der Waals surface area contributed by atoms with Gasteiger partial charge in [0.05, 0.1) is 6.10 Å². The van der Waals surface area contributed by atoms with Gasteiger partial charge in [-0.05, 0) is 64.6 Å². The lowest BCUT2D eigenvalue weighted by atomic mass is 9.96. The molecule has 1 aliphatic heterocycles. The molecule has 0 aliphatic carbocycles. The average Bonchev–Trinajstić information content (AvgIpc) is 2.56. The summed E-state index contributed by atoms with van der Waals surface area (Å²) in [5.41, 5.74) is 0.720. The van der Waals surface area contributed by atoms with E-state index >= 15 is 0 Å². The first kappa shape index (κ1) is 20.7. The summed E-state index contributed by atoms with van der Waals surface area (Å²) in [5, 5.41) is 10.3. The van der Waals surface area contributed by atoms with E-state index < -0.39 is 5.60 Å². The van der Waals surface area contributed by atoms with Crippen LogP contribution in [0.1, 0.15) is 39.2 Å². The molecule has 0 bridgehead atoms. The molecule has 1 amide bonds. The Morgan fingerprint density at radius 1 is 1.27 bits per heavy atom. The van der Waals surface area contributed by atoms with E-state index in [0.29, 0.717) is 18.9 Å². The van der Waals surface area contributed by atoms with Crippen LogP contribution in [0.25, 0.3) is 0 Å². The fraction of sp³-hybridized carbons (Fsp3) is 0.667. The molecule has 0 radical (unpaired) electrons. The molecule has 26 heavy (non-hydrogen) atoms. The van der Waals surface area contributed by atoms with Crippen molar-refractivity contribution in [3.63, 3.8) is 0 Å². The second-order valence-corrected chi connectivity index (χ2v) is 8.45. The molecule has 1 unspecified atom stereocenters. The van der Waals surface area contributed by atoms with Gasteiger partial charge >= 0.3 is 6.09 Å². The Labute approximate surface area is 157 Å². The molecule has 0 spiro atoms. The van der Waals surface area contributed by atoms with Crippen molar-refractivity contribution in [1.82, 2.24) is 9.80 Å². The second-order valence-electron chi connectivity index (χ2n) is 8.45. The van der Waals surface area contributed by atoms with Gasteiger partial charge in [0.25, 0.3) is 0 Å². The van der Waals surface area contributed by atoms with Crippen LogP contribution in [0.2, 0.25) is 0 Å². The molecule has 5 nitrogen and oxygen atoms in total. The highest BCUT2D eigenvalue weighted by molar-refractivity contribution is 5.67. The van der Waals surface area contributed by atoms with E-state index in [9.17, 15) is 9.90 Å². The summed E-state index contributed by atoms with van der Waals surface area (Å²) in [6, 6.07) is 10.1. The fourth-order valence-corrected chi connectivity index (χ4v) is 3.40. The molecule has 1 heterocycles. The van der Waals surface area contributed by atoms with Crippen LogP contribution in [-0.4, -0.2) is 65.9 Å². The number of ether oxygens (including phenoxy) is 1. The first-order valence-corrected chi connectivity index (χ1v) is 9.61. The molecular weight excluding hydrogens is 328 g/mol. The zero-order chi connectivity index (χ0) is 19.2. The second kappa shape index (κ2) is 9.38. The monoisotopic (exact) mass is 362 g/mol. The van der Waals surface area contributed by atoms with Gasteiger partial charge in [-0.25, -0.2) is 4.79 Å². The van der Waals surface area contributed by atoms with Crippen LogP contribution in [0.4, 0.5) is 4.79 Å². The van der Waals surface area contributed by atoms with Crippen molar-refractivity contribution in [3.8, 4) is 0 Å². The molecule has 1 atom stereocenters. The minimum absolute atomic E-state index is 0.252. The maximum absolute atomic E-state index is 12.1. The molecule has 1 saturated heterocycles. The first-order chi connectivity index (χ1) is 12.2. The summed E-state index contributed by atoms with van der Waals surface area (Å²) in [5.74, 6) is 0.495. The van der Waals surface area contributed by atoms with E-state index in [0.717, 1.165) is 32.5 Å². The Morgan fingerprint density at radius 2 is 1.88 bits per heavy atom. The molecule has 2 rings (SSSR count). The smallest absolute Gasteiger partial charge is 0.410 e. The third-order valence-electron chi connectivity index (χ3n) is 4.73.